The third kappa shape index (κ3) is 3.92. The van der Waals surface area contributed by atoms with Gasteiger partial charge in [0.15, 0.2) is 0 Å². The third-order valence-corrected chi connectivity index (χ3v) is 5.92. The second-order valence-corrected chi connectivity index (χ2v) is 7.70. The molecule has 30 heavy (non-hydrogen) atoms. The molecule has 0 spiro atoms. The number of rotatable bonds is 4. The molecular formula is C24H22F3NO2. The maximum Gasteiger partial charge on any atom is 0.416 e. The highest BCUT2D eigenvalue weighted by atomic mass is 19.4. The zero-order valence-corrected chi connectivity index (χ0v) is 16.3. The zero-order chi connectivity index (χ0) is 21.3. The Morgan fingerprint density at radius 1 is 0.900 bits per heavy atom. The number of benzene rings is 3. The van der Waals surface area contributed by atoms with Crippen LogP contribution in [0.15, 0.2) is 66.7 Å². The average molecular weight is 413 g/mol. The Hall–Kier alpha value is -2.86. The molecule has 156 valence electrons. The summed E-state index contributed by atoms with van der Waals surface area (Å²) in [5.74, 6) is -1.29. The molecule has 1 atom stereocenters. The predicted molar refractivity (Wildman–Crippen MR) is 109 cm³/mol. The average Bonchev–Trinajstić information content (AvgIpc) is 2.74. The van der Waals surface area contributed by atoms with E-state index in [9.17, 15) is 23.1 Å². The summed E-state index contributed by atoms with van der Waals surface area (Å²) in [5.41, 5.74) is 0.358. The van der Waals surface area contributed by atoms with Crippen LogP contribution in [0, 0.1) is 5.92 Å². The molecule has 6 heteroatoms. The Bertz CT molecular complexity index is 1050. The summed E-state index contributed by atoms with van der Waals surface area (Å²) >= 11 is 0. The number of alkyl halides is 3. The number of hydrogen-bond acceptors (Lipinski definition) is 2. The minimum Gasteiger partial charge on any atom is -0.481 e. The fourth-order valence-electron chi connectivity index (χ4n) is 4.45. The number of hydrogen-bond donors (Lipinski definition) is 1. The molecular weight excluding hydrogens is 391 g/mol. The van der Waals surface area contributed by atoms with Gasteiger partial charge >= 0.3 is 12.1 Å². The highest BCUT2D eigenvalue weighted by Crippen LogP contribution is 2.42. The summed E-state index contributed by atoms with van der Waals surface area (Å²) < 4.78 is 41.6. The van der Waals surface area contributed by atoms with Gasteiger partial charge in [-0.2, -0.15) is 13.2 Å². The van der Waals surface area contributed by atoms with Gasteiger partial charge in [-0.15, -0.1) is 0 Å². The van der Waals surface area contributed by atoms with Crippen LogP contribution < -0.4 is 0 Å². The minimum atomic E-state index is -4.47. The molecule has 3 nitrogen and oxygen atoms in total. The van der Waals surface area contributed by atoms with E-state index in [4.69, 9.17) is 0 Å². The van der Waals surface area contributed by atoms with Gasteiger partial charge in [0.25, 0.3) is 0 Å². The number of fused-ring (bicyclic) bond motifs is 1. The van der Waals surface area contributed by atoms with Gasteiger partial charge in [0.2, 0.25) is 0 Å². The fraction of sp³-hybridized carbons (Fsp3) is 0.292. The Labute approximate surface area is 172 Å². The molecule has 0 radical (unpaired) electrons. The van der Waals surface area contributed by atoms with Gasteiger partial charge in [0.1, 0.15) is 0 Å². The number of likely N-dealkylation sites (tertiary alicyclic amines) is 1. The second kappa shape index (κ2) is 8.11. The lowest BCUT2D eigenvalue weighted by molar-refractivity contribution is -0.143. The van der Waals surface area contributed by atoms with E-state index in [1.165, 1.54) is 6.07 Å². The number of piperidine rings is 1. The summed E-state index contributed by atoms with van der Waals surface area (Å²) in [7, 11) is 0. The van der Waals surface area contributed by atoms with Gasteiger partial charge < -0.3 is 5.11 Å². The van der Waals surface area contributed by atoms with E-state index in [2.05, 4.69) is 0 Å². The third-order valence-electron chi connectivity index (χ3n) is 5.92. The van der Waals surface area contributed by atoms with Crippen LogP contribution in [0.5, 0.6) is 0 Å². The van der Waals surface area contributed by atoms with Crippen LogP contribution in [-0.4, -0.2) is 29.1 Å². The Morgan fingerprint density at radius 2 is 1.50 bits per heavy atom. The normalized spacial score (nSPS) is 17.2. The van der Waals surface area contributed by atoms with E-state index in [1.54, 1.807) is 12.1 Å². The summed E-state index contributed by atoms with van der Waals surface area (Å²) in [6.07, 6.45) is -3.63. The first kappa shape index (κ1) is 20.4. The summed E-state index contributed by atoms with van der Waals surface area (Å²) in [5, 5.41) is 11.2. The van der Waals surface area contributed by atoms with Gasteiger partial charge in [0, 0.05) is 0 Å². The van der Waals surface area contributed by atoms with Crippen molar-refractivity contribution in [2.45, 2.75) is 25.1 Å². The first-order valence-electron chi connectivity index (χ1n) is 9.97. The molecule has 1 aliphatic rings. The lowest BCUT2D eigenvalue weighted by Crippen LogP contribution is -2.39. The lowest BCUT2D eigenvalue weighted by Gasteiger charge is -2.38. The van der Waals surface area contributed by atoms with Crippen LogP contribution in [0.1, 0.15) is 35.6 Å². The van der Waals surface area contributed by atoms with Crippen molar-refractivity contribution in [1.82, 2.24) is 4.90 Å². The van der Waals surface area contributed by atoms with Crippen LogP contribution >= 0.6 is 0 Å². The van der Waals surface area contributed by atoms with Gasteiger partial charge in [-0.05, 0) is 53.9 Å². The van der Waals surface area contributed by atoms with E-state index < -0.39 is 29.7 Å². The lowest BCUT2D eigenvalue weighted by atomic mass is 9.87. The second-order valence-electron chi connectivity index (χ2n) is 7.70. The number of halogens is 3. The van der Waals surface area contributed by atoms with Crippen molar-refractivity contribution in [3.63, 3.8) is 0 Å². The van der Waals surface area contributed by atoms with Crippen molar-refractivity contribution in [2.75, 3.05) is 13.1 Å². The van der Waals surface area contributed by atoms with Gasteiger partial charge in [-0.1, -0.05) is 60.7 Å². The van der Waals surface area contributed by atoms with Crippen LogP contribution in [0.4, 0.5) is 13.2 Å². The molecule has 1 saturated heterocycles. The standard InChI is InChI=1S/C24H22F3NO2/c25-24(26,27)21-11-4-3-9-20(21)22(28-14-12-17(13-15-28)23(29)30)19-10-5-7-16-6-1-2-8-18(16)19/h1-11,17,22H,12-15H2,(H,29,30). The molecule has 1 N–H and O–H groups in total. The summed E-state index contributed by atoms with van der Waals surface area (Å²) in [4.78, 5) is 13.4. The Kier molecular flexibility index (Phi) is 5.52. The van der Waals surface area contributed by atoms with E-state index in [-0.39, 0.29) is 5.56 Å². The van der Waals surface area contributed by atoms with E-state index in [0.717, 1.165) is 22.4 Å². The summed E-state index contributed by atoms with van der Waals surface area (Å²) in [6, 6.07) is 18.4. The quantitative estimate of drug-likeness (QED) is 0.593. The zero-order valence-electron chi connectivity index (χ0n) is 16.3. The molecule has 3 aromatic rings. The maximum atomic E-state index is 13.9. The van der Waals surface area contributed by atoms with Gasteiger partial charge in [-0.25, -0.2) is 0 Å². The number of carboxylic acid groups (broad SMARTS) is 1. The van der Waals surface area contributed by atoms with Crippen molar-refractivity contribution in [3.8, 4) is 0 Å². The molecule has 0 amide bonds. The number of nitrogens with zero attached hydrogens (tertiary/aromatic N) is 1. The first-order valence-corrected chi connectivity index (χ1v) is 9.97. The maximum absolute atomic E-state index is 13.9. The number of carboxylic acids is 1. The molecule has 1 fully saturated rings. The molecule has 0 aliphatic carbocycles. The molecule has 4 rings (SSSR count). The van der Waals surface area contributed by atoms with Crippen LogP contribution in [0.2, 0.25) is 0 Å². The van der Waals surface area contributed by atoms with E-state index >= 15 is 0 Å². The van der Waals surface area contributed by atoms with Crippen molar-refractivity contribution < 1.29 is 23.1 Å². The SMILES string of the molecule is O=C(O)C1CCN(C(c2ccccc2C(F)(F)F)c2cccc3ccccc23)CC1. The minimum absolute atomic E-state index is 0.204. The van der Waals surface area contributed by atoms with Crippen molar-refractivity contribution >= 4 is 16.7 Å². The molecule has 0 saturated carbocycles. The Balaban J connectivity index is 1.86. The topological polar surface area (TPSA) is 40.5 Å². The van der Waals surface area contributed by atoms with Crippen molar-refractivity contribution in [3.05, 3.63) is 83.4 Å². The highest BCUT2D eigenvalue weighted by molar-refractivity contribution is 5.86. The first-order chi connectivity index (χ1) is 14.4. The smallest absolute Gasteiger partial charge is 0.416 e. The number of aliphatic carboxylic acids is 1. The van der Waals surface area contributed by atoms with Crippen molar-refractivity contribution in [1.29, 1.82) is 0 Å². The molecule has 1 heterocycles. The van der Waals surface area contributed by atoms with Crippen molar-refractivity contribution in [2.24, 2.45) is 5.92 Å². The molecule has 1 aliphatic heterocycles. The molecule has 0 bridgehead atoms. The largest absolute Gasteiger partial charge is 0.481 e. The summed E-state index contributed by atoms with van der Waals surface area (Å²) in [6.45, 7) is 0.855. The molecule has 1 unspecified atom stereocenters. The van der Waals surface area contributed by atoms with Gasteiger partial charge in [-0.3, -0.25) is 9.69 Å². The van der Waals surface area contributed by atoms with Gasteiger partial charge in [0.05, 0.1) is 17.5 Å². The van der Waals surface area contributed by atoms with Crippen LogP contribution in [-0.2, 0) is 11.0 Å². The Morgan fingerprint density at radius 3 is 2.20 bits per heavy atom. The fourth-order valence-corrected chi connectivity index (χ4v) is 4.45. The van der Waals surface area contributed by atoms with E-state index in [1.807, 2.05) is 47.4 Å². The van der Waals surface area contributed by atoms with E-state index in [0.29, 0.717) is 25.9 Å². The molecule has 0 aromatic heterocycles. The predicted octanol–water partition coefficient (Wildman–Crippen LogP) is 5.74. The molecule has 3 aromatic carbocycles. The highest BCUT2D eigenvalue weighted by Gasteiger charge is 2.38. The van der Waals surface area contributed by atoms with Crippen LogP contribution in [0.25, 0.3) is 10.8 Å². The van der Waals surface area contributed by atoms with Crippen LogP contribution in [0.3, 0.4) is 0 Å². The number of carbonyl (C=O) groups is 1. The monoisotopic (exact) mass is 413 g/mol.